The Morgan fingerprint density at radius 1 is 0.903 bits per heavy atom. The summed E-state index contributed by atoms with van der Waals surface area (Å²) in [5.74, 6) is 1.17. The quantitative estimate of drug-likeness (QED) is 0.319. The second-order valence-corrected chi connectivity index (χ2v) is 7.56. The maximum absolute atomic E-state index is 13.8. The lowest BCUT2D eigenvalue weighted by molar-refractivity contribution is 0.266. The highest BCUT2D eigenvalue weighted by molar-refractivity contribution is 6.35. The molecule has 3 rings (SSSR count). The molecule has 0 spiro atoms. The van der Waals surface area contributed by atoms with Crippen LogP contribution in [0.15, 0.2) is 60.7 Å². The largest absolute Gasteiger partial charge is 0.490 e. The van der Waals surface area contributed by atoms with E-state index in [1.54, 1.807) is 24.3 Å². The summed E-state index contributed by atoms with van der Waals surface area (Å²) in [4.78, 5) is 0. The van der Waals surface area contributed by atoms with E-state index in [1.165, 1.54) is 6.07 Å². The molecule has 31 heavy (non-hydrogen) atoms. The van der Waals surface area contributed by atoms with Gasteiger partial charge >= 0.3 is 0 Å². The summed E-state index contributed by atoms with van der Waals surface area (Å²) in [5.41, 5.74) is 2.49. The van der Waals surface area contributed by atoms with Gasteiger partial charge in [-0.15, -0.1) is 12.4 Å². The van der Waals surface area contributed by atoms with Gasteiger partial charge in [0.2, 0.25) is 0 Å². The molecule has 1 N–H and O–H groups in total. The smallest absolute Gasteiger partial charge is 0.166 e. The Bertz CT molecular complexity index is 985. The first-order valence-corrected chi connectivity index (χ1v) is 10.6. The number of ether oxygens (including phenoxy) is 2. The van der Waals surface area contributed by atoms with Gasteiger partial charge in [-0.3, -0.25) is 0 Å². The van der Waals surface area contributed by atoms with Crippen molar-refractivity contribution < 1.29 is 13.9 Å². The highest BCUT2D eigenvalue weighted by atomic mass is 35.5. The Morgan fingerprint density at radius 2 is 1.68 bits per heavy atom. The van der Waals surface area contributed by atoms with Crippen molar-refractivity contribution in [3.8, 4) is 11.5 Å². The topological polar surface area (TPSA) is 30.5 Å². The Morgan fingerprint density at radius 3 is 2.42 bits per heavy atom. The Hall–Kier alpha value is -1.98. The van der Waals surface area contributed by atoms with Crippen LogP contribution in [0, 0.1) is 5.82 Å². The second-order valence-electron chi connectivity index (χ2n) is 6.72. The summed E-state index contributed by atoms with van der Waals surface area (Å²) in [6, 6.07) is 17.9. The zero-order chi connectivity index (χ0) is 21.3. The van der Waals surface area contributed by atoms with Gasteiger partial charge in [-0.1, -0.05) is 59.6 Å². The molecule has 0 fully saturated rings. The molecule has 0 unspecified atom stereocenters. The molecule has 0 aliphatic heterocycles. The van der Waals surface area contributed by atoms with E-state index in [4.69, 9.17) is 32.7 Å². The van der Waals surface area contributed by atoms with Gasteiger partial charge in [-0.25, -0.2) is 4.39 Å². The van der Waals surface area contributed by atoms with E-state index in [9.17, 15) is 4.39 Å². The minimum atomic E-state index is -0.179. The monoisotopic (exact) mass is 483 g/mol. The number of hydrogen-bond acceptors (Lipinski definition) is 3. The number of rotatable bonds is 10. The van der Waals surface area contributed by atoms with E-state index < -0.39 is 0 Å². The Kier molecular flexibility index (Phi) is 10.4. The number of halogens is 4. The fourth-order valence-corrected chi connectivity index (χ4v) is 3.53. The van der Waals surface area contributed by atoms with Gasteiger partial charge in [0, 0.05) is 27.7 Å². The summed E-state index contributed by atoms with van der Waals surface area (Å²) in [5, 5.41) is 4.50. The van der Waals surface area contributed by atoms with E-state index in [0.29, 0.717) is 59.8 Å². The van der Waals surface area contributed by atoms with Crippen LogP contribution in [0.25, 0.3) is 0 Å². The first-order valence-electron chi connectivity index (χ1n) is 9.84. The molecule has 7 heteroatoms. The van der Waals surface area contributed by atoms with Crippen LogP contribution in [0.5, 0.6) is 11.5 Å². The maximum Gasteiger partial charge on any atom is 0.166 e. The molecular weight excluding hydrogens is 460 g/mol. The molecule has 3 nitrogen and oxygen atoms in total. The van der Waals surface area contributed by atoms with Crippen LogP contribution in [-0.2, 0) is 19.6 Å². The molecule has 0 aliphatic rings. The summed E-state index contributed by atoms with van der Waals surface area (Å²) < 4.78 is 25.6. The summed E-state index contributed by atoms with van der Waals surface area (Å²) in [6.07, 6.45) is 0.606. The van der Waals surface area contributed by atoms with E-state index in [1.807, 2.05) is 37.3 Å². The standard InChI is InChI=1S/C24H24Cl2FNO2.ClH/c1-2-29-23-9-5-7-18(15-28-13-12-17-6-3-4-8-22(17)27)24(23)30-16-19-10-11-20(25)14-21(19)26;/h3-11,14,28H,2,12-13,15-16H2,1H3;1H. The molecular formula is C24H25Cl3FNO2. The lowest BCUT2D eigenvalue weighted by Gasteiger charge is -2.17. The molecule has 0 amide bonds. The SMILES string of the molecule is CCOc1cccc(CNCCc2ccccc2F)c1OCc1ccc(Cl)cc1Cl.Cl. The fourth-order valence-electron chi connectivity index (χ4n) is 3.07. The van der Waals surface area contributed by atoms with Crippen LogP contribution >= 0.6 is 35.6 Å². The third-order valence-electron chi connectivity index (χ3n) is 4.59. The van der Waals surface area contributed by atoms with Gasteiger partial charge in [-0.05, 0) is 49.7 Å². The number of hydrogen-bond donors (Lipinski definition) is 1. The summed E-state index contributed by atoms with van der Waals surface area (Å²) >= 11 is 12.2. The van der Waals surface area contributed by atoms with E-state index in [2.05, 4.69) is 5.32 Å². The molecule has 166 valence electrons. The van der Waals surface area contributed by atoms with E-state index >= 15 is 0 Å². The average Bonchev–Trinajstić information content (AvgIpc) is 2.73. The third-order valence-corrected chi connectivity index (χ3v) is 5.18. The number of benzene rings is 3. The average molecular weight is 485 g/mol. The van der Waals surface area contributed by atoms with Crippen LogP contribution in [0.3, 0.4) is 0 Å². The minimum Gasteiger partial charge on any atom is -0.490 e. The van der Waals surface area contributed by atoms with E-state index in [-0.39, 0.29) is 18.2 Å². The van der Waals surface area contributed by atoms with Crippen molar-refractivity contribution in [3.05, 3.63) is 93.2 Å². The summed E-state index contributed by atoms with van der Waals surface area (Å²) in [6.45, 7) is 3.96. The number of para-hydroxylation sites is 1. The van der Waals surface area contributed by atoms with Crippen molar-refractivity contribution in [3.63, 3.8) is 0 Å². The molecule has 0 radical (unpaired) electrons. The highest BCUT2D eigenvalue weighted by Gasteiger charge is 2.13. The molecule has 3 aromatic rings. The lowest BCUT2D eigenvalue weighted by atomic mass is 10.1. The molecule has 3 aromatic carbocycles. The van der Waals surface area contributed by atoms with Gasteiger partial charge in [0.15, 0.2) is 11.5 Å². The van der Waals surface area contributed by atoms with Crippen LogP contribution in [-0.4, -0.2) is 13.2 Å². The zero-order valence-corrected chi connectivity index (χ0v) is 19.5. The van der Waals surface area contributed by atoms with Crippen molar-refractivity contribution >= 4 is 35.6 Å². The molecule has 0 heterocycles. The summed E-state index contributed by atoms with van der Waals surface area (Å²) in [7, 11) is 0. The van der Waals surface area contributed by atoms with Crippen molar-refractivity contribution in [2.75, 3.05) is 13.2 Å². The fraction of sp³-hybridized carbons (Fsp3) is 0.250. The van der Waals surface area contributed by atoms with Crippen molar-refractivity contribution in [1.29, 1.82) is 0 Å². The second kappa shape index (κ2) is 12.8. The lowest BCUT2D eigenvalue weighted by Crippen LogP contribution is -2.18. The Labute approximate surface area is 198 Å². The van der Waals surface area contributed by atoms with Crippen LogP contribution < -0.4 is 14.8 Å². The molecule has 0 saturated heterocycles. The predicted octanol–water partition coefficient (Wildman–Crippen LogP) is 6.86. The molecule has 0 atom stereocenters. The third kappa shape index (κ3) is 7.29. The molecule has 0 saturated carbocycles. The van der Waals surface area contributed by atoms with Gasteiger partial charge in [-0.2, -0.15) is 0 Å². The number of nitrogens with one attached hydrogen (secondary N) is 1. The minimum absolute atomic E-state index is 0. The highest BCUT2D eigenvalue weighted by Crippen LogP contribution is 2.33. The van der Waals surface area contributed by atoms with Crippen LogP contribution in [0.2, 0.25) is 10.0 Å². The molecule has 0 aliphatic carbocycles. The molecule has 0 aromatic heterocycles. The normalized spacial score (nSPS) is 10.5. The van der Waals surface area contributed by atoms with Gasteiger partial charge in [0.05, 0.1) is 6.61 Å². The van der Waals surface area contributed by atoms with Gasteiger partial charge in [0.1, 0.15) is 12.4 Å². The Balaban J connectivity index is 0.00000341. The van der Waals surface area contributed by atoms with Gasteiger partial charge < -0.3 is 14.8 Å². The van der Waals surface area contributed by atoms with Crippen LogP contribution in [0.4, 0.5) is 4.39 Å². The van der Waals surface area contributed by atoms with E-state index in [0.717, 1.165) is 11.1 Å². The van der Waals surface area contributed by atoms with Crippen molar-refractivity contribution in [1.82, 2.24) is 5.32 Å². The molecule has 0 bridgehead atoms. The van der Waals surface area contributed by atoms with Crippen molar-refractivity contribution in [2.45, 2.75) is 26.5 Å². The van der Waals surface area contributed by atoms with Gasteiger partial charge in [0.25, 0.3) is 0 Å². The predicted molar refractivity (Wildman–Crippen MR) is 127 cm³/mol. The first-order chi connectivity index (χ1) is 14.6. The van der Waals surface area contributed by atoms with Crippen molar-refractivity contribution in [2.24, 2.45) is 0 Å². The van der Waals surface area contributed by atoms with Crippen LogP contribution in [0.1, 0.15) is 23.6 Å². The zero-order valence-electron chi connectivity index (χ0n) is 17.2. The maximum atomic E-state index is 13.8. The first kappa shape index (κ1) is 25.3.